The molecule has 0 saturated carbocycles. The minimum absolute atomic E-state index is 0.0653. The molecule has 0 aromatic carbocycles. The van der Waals surface area contributed by atoms with E-state index in [-0.39, 0.29) is 31.1 Å². The largest absolute Gasteiger partial charge is 0.462 e. The van der Waals surface area contributed by atoms with Crippen molar-refractivity contribution in [3.63, 3.8) is 0 Å². The number of hydrogen-bond acceptors (Lipinski definition) is 6. The van der Waals surface area contributed by atoms with Crippen molar-refractivity contribution in [3.05, 3.63) is 0 Å². The Labute approximate surface area is 374 Å². The molecule has 0 bridgehead atoms. The van der Waals surface area contributed by atoms with Gasteiger partial charge in [-0.25, -0.2) is 0 Å². The van der Waals surface area contributed by atoms with Gasteiger partial charge >= 0.3 is 17.9 Å². The van der Waals surface area contributed by atoms with Crippen LogP contribution < -0.4 is 0 Å². The molecule has 0 rings (SSSR count). The summed E-state index contributed by atoms with van der Waals surface area (Å²) in [6.07, 6.45) is 45.3. The van der Waals surface area contributed by atoms with Gasteiger partial charge in [-0.2, -0.15) is 0 Å². The molecule has 0 spiro atoms. The van der Waals surface area contributed by atoms with Gasteiger partial charge < -0.3 is 14.2 Å². The molecule has 0 aromatic heterocycles. The Hall–Kier alpha value is -1.59. The quantitative estimate of drug-likeness (QED) is 0.0345. The molecule has 0 amide bonds. The van der Waals surface area contributed by atoms with Crippen LogP contribution >= 0.6 is 0 Å². The number of esters is 3. The van der Waals surface area contributed by atoms with Crippen LogP contribution in [0.4, 0.5) is 0 Å². The third-order valence-corrected chi connectivity index (χ3v) is 12.5. The Morgan fingerprint density at radius 1 is 0.333 bits per heavy atom. The van der Waals surface area contributed by atoms with Gasteiger partial charge in [0.25, 0.3) is 0 Å². The van der Waals surface area contributed by atoms with Crippen LogP contribution in [-0.2, 0) is 28.6 Å². The van der Waals surface area contributed by atoms with Crippen LogP contribution in [0.15, 0.2) is 0 Å². The van der Waals surface area contributed by atoms with E-state index < -0.39 is 6.10 Å². The van der Waals surface area contributed by atoms with E-state index in [1.165, 1.54) is 173 Å². The van der Waals surface area contributed by atoms with Crippen LogP contribution in [-0.4, -0.2) is 37.2 Å². The topological polar surface area (TPSA) is 78.9 Å². The SMILES string of the molecule is CCC(C)CCCCCCCCCCCCC(=O)OC[C@H](COC(=O)CCCCCCCCC(C)C)OC(=O)CCCCCCCCCCCCCCCCCCC(C)C. The van der Waals surface area contributed by atoms with Crippen LogP contribution in [0.1, 0.15) is 292 Å². The van der Waals surface area contributed by atoms with Gasteiger partial charge in [-0.05, 0) is 37.0 Å². The molecular formula is C54H104O6. The molecule has 0 radical (unpaired) electrons. The number of ether oxygens (including phenoxy) is 3. The molecular weight excluding hydrogens is 745 g/mol. The summed E-state index contributed by atoms with van der Waals surface area (Å²) in [6.45, 7) is 13.7. The fourth-order valence-corrected chi connectivity index (χ4v) is 8.08. The van der Waals surface area contributed by atoms with E-state index in [9.17, 15) is 14.4 Å². The fraction of sp³-hybridized carbons (Fsp3) is 0.944. The van der Waals surface area contributed by atoms with Gasteiger partial charge in [-0.3, -0.25) is 14.4 Å². The smallest absolute Gasteiger partial charge is 0.306 e. The van der Waals surface area contributed by atoms with Crippen molar-refractivity contribution in [2.45, 2.75) is 298 Å². The Balaban J connectivity index is 4.25. The molecule has 0 heterocycles. The van der Waals surface area contributed by atoms with E-state index in [0.29, 0.717) is 19.3 Å². The van der Waals surface area contributed by atoms with Crippen molar-refractivity contribution in [3.8, 4) is 0 Å². The lowest BCUT2D eigenvalue weighted by atomic mass is 9.99. The predicted molar refractivity (Wildman–Crippen MR) is 256 cm³/mol. The zero-order valence-corrected chi connectivity index (χ0v) is 41.3. The lowest BCUT2D eigenvalue weighted by molar-refractivity contribution is -0.167. The first-order chi connectivity index (χ1) is 29.1. The highest BCUT2D eigenvalue weighted by Gasteiger charge is 2.19. The molecule has 0 N–H and O–H groups in total. The van der Waals surface area contributed by atoms with Gasteiger partial charge in [0.1, 0.15) is 13.2 Å². The maximum atomic E-state index is 12.8. The van der Waals surface area contributed by atoms with Gasteiger partial charge in [0.2, 0.25) is 0 Å². The van der Waals surface area contributed by atoms with Gasteiger partial charge in [0.05, 0.1) is 0 Å². The van der Waals surface area contributed by atoms with Gasteiger partial charge in [0.15, 0.2) is 6.10 Å². The Morgan fingerprint density at radius 3 is 0.867 bits per heavy atom. The summed E-state index contributed by atoms with van der Waals surface area (Å²) < 4.78 is 16.8. The summed E-state index contributed by atoms with van der Waals surface area (Å²) in [7, 11) is 0. The molecule has 0 saturated heterocycles. The normalized spacial score (nSPS) is 12.6. The van der Waals surface area contributed by atoms with Crippen molar-refractivity contribution < 1.29 is 28.6 Å². The summed E-state index contributed by atoms with van der Waals surface area (Å²) in [5.41, 5.74) is 0. The third kappa shape index (κ3) is 45.9. The molecule has 356 valence electrons. The minimum Gasteiger partial charge on any atom is -0.462 e. The van der Waals surface area contributed by atoms with Gasteiger partial charge in [-0.1, -0.05) is 253 Å². The average molecular weight is 849 g/mol. The Bertz CT molecular complexity index is 931. The van der Waals surface area contributed by atoms with Gasteiger partial charge in [0, 0.05) is 19.3 Å². The first-order valence-electron chi connectivity index (χ1n) is 26.6. The van der Waals surface area contributed by atoms with Crippen LogP contribution in [0.3, 0.4) is 0 Å². The van der Waals surface area contributed by atoms with E-state index in [1.54, 1.807) is 0 Å². The Morgan fingerprint density at radius 2 is 0.583 bits per heavy atom. The summed E-state index contributed by atoms with van der Waals surface area (Å²) in [5, 5.41) is 0. The lowest BCUT2D eigenvalue weighted by Gasteiger charge is -2.18. The number of carbonyl (C=O) groups excluding carboxylic acids is 3. The molecule has 0 aromatic rings. The fourth-order valence-electron chi connectivity index (χ4n) is 8.08. The molecule has 0 aliphatic heterocycles. The monoisotopic (exact) mass is 849 g/mol. The number of hydrogen-bond donors (Lipinski definition) is 0. The third-order valence-electron chi connectivity index (χ3n) is 12.5. The van der Waals surface area contributed by atoms with E-state index in [4.69, 9.17) is 14.2 Å². The maximum absolute atomic E-state index is 12.8. The summed E-state index contributed by atoms with van der Waals surface area (Å²) in [5.74, 6) is 1.63. The summed E-state index contributed by atoms with van der Waals surface area (Å²) in [6, 6.07) is 0. The molecule has 0 fully saturated rings. The van der Waals surface area contributed by atoms with E-state index in [2.05, 4.69) is 41.5 Å². The summed E-state index contributed by atoms with van der Waals surface area (Å²) >= 11 is 0. The molecule has 0 aliphatic carbocycles. The molecule has 6 heteroatoms. The van der Waals surface area contributed by atoms with Crippen molar-refractivity contribution in [1.29, 1.82) is 0 Å². The second-order valence-electron chi connectivity index (χ2n) is 19.7. The van der Waals surface area contributed by atoms with E-state index in [0.717, 1.165) is 75.5 Å². The standard InChI is InChI=1S/C54H104O6/c1-7-50(6)42-36-30-23-19-16-17-20-24-31-37-43-52(55)58-46-51(47-59-53(56)44-38-32-27-26-29-35-41-49(4)5)60-54(57)45-39-33-25-21-15-13-11-9-8-10-12-14-18-22-28-34-40-48(2)3/h48-51H,7-47H2,1-6H3/t50?,51-/m1/s1. The predicted octanol–water partition coefficient (Wildman–Crippen LogP) is 17.2. The van der Waals surface area contributed by atoms with Crippen LogP contribution in [0, 0.1) is 17.8 Å². The van der Waals surface area contributed by atoms with Crippen LogP contribution in [0.5, 0.6) is 0 Å². The number of carbonyl (C=O) groups is 3. The van der Waals surface area contributed by atoms with Crippen LogP contribution in [0.2, 0.25) is 0 Å². The van der Waals surface area contributed by atoms with Crippen LogP contribution in [0.25, 0.3) is 0 Å². The minimum atomic E-state index is -0.763. The molecule has 0 aliphatic rings. The highest BCUT2D eigenvalue weighted by molar-refractivity contribution is 5.71. The molecule has 2 atom stereocenters. The molecule has 6 nitrogen and oxygen atoms in total. The maximum Gasteiger partial charge on any atom is 0.306 e. The second-order valence-corrected chi connectivity index (χ2v) is 19.7. The van der Waals surface area contributed by atoms with Crippen molar-refractivity contribution in [2.24, 2.45) is 17.8 Å². The Kier molecular flexibility index (Phi) is 44.2. The van der Waals surface area contributed by atoms with E-state index >= 15 is 0 Å². The number of rotatable bonds is 47. The highest BCUT2D eigenvalue weighted by atomic mass is 16.6. The van der Waals surface area contributed by atoms with Crippen molar-refractivity contribution in [1.82, 2.24) is 0 Å². The second kappa shape index (κ2) is 45.4. The average Bonchev–Trinajstić information content (AvgIpc) is 3.22. The van der Waals surface area contributed by atoms with Gasteiger partial charge in [-0.15, -0.1) is 0 Å². The van der Waals surface area contributed by atoms with Crippen molar-refractivity contribution >= 4 is 17.9 Å². The summed E-state index contributed by atoms with van der Waals surface area (Å²) in [4.78, 5) is 37.9. The zero-order chi connectivity index (χ0) is 44.2. The first-order valence-corrected chi connectivity index (χ1v) is 26.6. The zero-order valence-electron chi connectivity index (χ0n) is 41.3. The molecule has 1 unspecified atom stereocenters. The molecule has 60 heavy (non-hydrogen) atoms. The van der Waals surface area contributed by atoms with Crippen molar-refractivity contribution in [2.75, 3.05) is 13.2 Å². The van der Waals surface area contributed by atoms with E-state index in [1.807, 2.05) is 0 Å². The highest BCUT2D eigenvalue weighted by Crippen LogP contribution is 2.18. The lowest BCUT2D eigenvalue weighted by Crippen LogP contribution is -2.30. The number of unbranched alkanes of at least 4 members (excludes halogenated alkanes) is 29. The first kappa shape index (κ1) is 58.4.